The van der Waals surface area contributed by atoms with Gasteiger partial charge in [0.15, 0.2) is 0 Å². The van der Waals surface area contributed by atoms with Gasteiger partial charge in [-0.25, -0.2) is 8.42 Å². The number of sulfone groups is 1. The van der Waals surface area contributed by atoms with Gasteiger partial charge in [-0.05, 0) is 45.8 Å². The Hall–Kier alpha value is -0.130. The maximum atomic E-state index is 11.4. The van der Waals surface area contributed by atoms with Crippen LogP contribution >= 0.6 is 0 Å². The zero-order chi connectivity index (χ0) is 15.3. The van der Waals surface area contributed by atoms with Gasteiger partial charge in [0.05, 0.1) is 5.75 Å². The number of piperidine rings is 1. The molecule has 0 radical (unpaired) electrons. The molecular weight excluding hydrogens is 284 g/mol. The second-order valence-electron chi connectivity index (χ2n) is 7.20. The SMILES string of the molecule is CN(CCS(C)(=O)=O)CC1(N2CCCCC2)CCCCC1. The van der Waals surface area contributed by atoms with E-state index in [2.05, 4.69) is 16.8 Å². The average molecular weight is 317 g/mol. The topological polar surface area (TPSA) is 40.6 Å². The number of likely N-dealkylation sites (tertiary alicyclic amines) is 1. The number of nitrogens with zero attached hydrogens (tertiary/aromatic N) is 2. The van der Waals surface area contributed by atoms with E-state index in [1.807, 2.05) is 0 Å². The standard InChI is InChI=1S/C16H32N2O2S/c1-17(13-14-21(2,19)20)15-16(9-5-3-6-10-16)18-11-7-4-8-12-18/h3-15H2,1-2H3. The van der Waals surface area contributed by atoms with E-state index >= 15 is 0 Å². The molecule has 0 aromatic rings. The van der Waals surface area contributed by atoms with Crippen molar-refractivity contribution in [2.75, 3.05) is 45.2 Å². The van der Waals surface area contributed by atoms with Crippen molar-refractivity contribution >= 4 is 9.84 Å². The zero-order valence-electron chi connectivity index (χ0n) is 13.8. The van der Waals surface area contributed by atoms with E-state index < -0.39 is 9.84 Å². The summed E-state index contributed by atoms with van der Waals surface area (Å²) in [4.78, 5) is 4.98. The summed E-state index contributed by atoms with van der Waals surface area (Å²) in [5, 5.41) is 0. The van der Waals surface area contributed by atoms with Gasteiger partial charge in [0.1, 0.15) is 9.84 Å². The predicted octanol–water partition coefficient (Wildman–Crippen LogP) is 2.15. The Morgan fingerprint density at radius 1 is 1.00 bits per heavy atom. The molecule has 2 fully saturated rings. The number of likely N-dealkylation sites (N-methyl/N-ethyl adjacent to an activating group) is 1. The molecule has 2 rings (SSSR count). The van der Waals surface area contributed by atoms with E-state index in [1.165, 1.54) is 70.7 Å². The largest absolute Gasteiger partial charge is 0.304 e. The van der Waals surface area contributed by atoms with Crippen molar-refractivity contribution in [2.24, 2.45) is 0 Å². The Balaban J connectivity index is 1.98. The van der Waals surface area contributed by atoms with Crippen molar-refractivity contribution in [3.8, 4) is 0 Å². The molecule has 0 unspecified atom stereocenters. The highest BCUT2D eigenvalue weighted by Crippen LogP contribution is 2.36. The molecule has 0 N–H and O–H groups in total. The van der Waals surface area contributed by atoms with Gasteiger partial charge in [-0.2, -0.15) is 0 Å². The van der Waals surface area contributed by atoms with Crippen LogP contribution in [0, 0.1) is 0 Å². The quantitative estimate of drug-likeness (QED) is 0.753. The zero-order valence-corrected chi connectivity index (χ0v) is 14.6. The average Bonchev–Trinajstić information content (AvgIpc) is 2.46. The third-order valence-electron chi connectivity index (χ3n) is 5.22. The van der Waals surface area contributed by atoms with Crippen LogP contribution in [0.5, 0.6) is 0 Å². The molecule has 124 valence electrons. The monoisotopic (exact) mass is 316 g/mol. The fraction of sp³-hybridized carbons (Fsp3) is 1.00. The summed E-state index contributed by atoms with van der Waals surface area (Å²) in [6, 6.07) is 0. The summed E-state index contributed by atoms with van der Waals surface area (Å²) in [7, 11) is -0.771. The first kappa shape index (κ1) is 17.2. The Morgan fingerprint density at radius 2 is 1.57 bits per heavy atom. The molecule has 1 saturated heterocycles. The summed E-state index contributed by atoms with van der Waals surface area (Å²) in [6.45, 7) is 4.16. The fourth-order valence-corrected chi connectivity index (χ4v) is 4.70. The van der Waals surface area contributed by atoms with E-state index in [4.69, 9.17) is 0 Å². The van der Waals surface area contributed by atoms with E-state index in [9.17, 15) is 8.42 Å². The molecule has 0 aromatic carbocycles. The predicted molar refractivity (Wildman–Crippen MR) is 88.4 cm³/mol. The minimum Gasteiger partial charge on any atom is -0.304 e. The molecule has 2 aliphatic rings. The van der Waals surface area contributed by atoms with Gasteiger partial charge in [0, 0.05) is 24.9 Å². The van der Waals surface area contributed by atoms with Crippen molar-refractivity contribution in [2.45, 2.75) is 56.9 Å². The molecule has 5 heteroatoms. The second kappa shape index (κ2) is 7.42. The highest BCUT2D eigenvalue weighted by molar-refractivity contribution is 7.90. The number of hydrogen-bond acceptors (Lipinski definition) is 4. The lowest BCUT2D eigenvalue weighted by molar-refractivity contribution is 0.0105. The molecule has 4 nitrogen and oxygen atoms in total. The van der Waals surface area contributed by atoms with Crippen molar-refractivity contribution in [3.05, 3.63) is 0 Å². The Morgan fingerprint density at radius 3 is 2.14 bits per heavy atom. The molecule has 1 aliphatic carbocycles. The molecule has 21 heavy (non-hydrogen) atoms. The highest BCUT2D eigenvalue weighted by atomic mass is 32.2. The van der Waals surface area contributed by atoms with Gasteiger partial charge in [-0.15, -0.1) is 0 Å². The molecular formula is C16H32N2O2S. The van der Waals surface area contributed by atoms with Crippen molar-refractivity contribution < 1.29 is 8.42 Å². The Bertz CT molecular complexity index is 410. The molecule has 0 spiro atoms. The molecule has 1 aliphatic heterocycles. The molecule has 0 bridgehead atoms. The molecule has 0 aromatic heterocycles. The molecule has 1 saturated carbocycles. The Kier molecular flexibility index (Phi) is 6.09. The normalized spacial score (nSPS) is 24.3. The van der Waals surface area contributed by atoms with Crippen LogP contribution in [0.3, 0.4) is 0 Å². The van der Waals surface area contributed by atoms with E-state index in [1.54, 1.807) is 0 Å². The van der Waals surface area contributed by atoms with Crippen molar-refractivity contribution in [3.63, 3.8) is 0 Å². The maximum Gasteiger partial charge on any atom is 0.148 e. The van der Waals surface area contributed by atoms with Crippen LogP contribution in [0.4, 0.5) is 0 Å². The van der Waals surface area contributed by atoms with Gasteiger partial charge < -0.3 is 4.90 Å². The van der Waals surface area contributed by atoms with E-state index in [0.29, 0.717) is 12.1 Å². The van der Waals surface area contributed by atoms with Crippen LogP contribution in [-0.2, 0) is 9.84 Å². The van der Waals surface area contributed by atoms with Gasteiger partial charge >= 0.3 is 0 Å². The van der Waals surface area contributed by atoms with Crippen LogP contribution in [-0.4, -0.2) is 69.0 Å². The summed E-state index contributed by atoms with van der Waals surface area (Å²) in [5.74, 6) is 0.277. The third kappa shape index (κ3) is 5.22. The Labute approximate surface area is 130 Å². The first-order valence-corrected chi connectivity index (χ1v) is 10.6. The fourth-order valence-electron chi connectivity index (χ4n) is 4.06. The maximum absolute atomic E-state index is 11.4. The van der Waals surface area contributed by atoms with E-state index in [-0.39, 0.29) is 5.75 Å². The van der Waals surface area contributed by atoms with E-state index in [0.717, 1.165) is 6.54 Å². The number of rotatable bonds is 6. The van der Waals surface area contributed by atoms with Gasteiger partial charge in [-0.1, -0.05) is 25.7 Å². The molecule has 0 amide bonds. The van der Waals surface area contributed by atoms with Crippen LogP contribution in [0.1, 0.15) is 51.4 Å². The van der Waals surface area contributed by atoms with Crippen LogP contribution in [0.15, 0.2) is 0 Å². The molecule has 1 heterocycles. The van der Waals surface area contributed by atoms with Gasteiger partial charge in [0.2, 0.25) is 0 Å². The first-order valence-electron chi connectivity index (χ1n) is 8.53. The van der Waals surface area contributed by atoms with Crippen LogP contribution < -0.4 is 0 Å². The third-order valence-corrected chi connectivity index (χ3v) is 6.14. The van der Waals surface area contributed by atoms with Crippen molar-refractivity contribution in [1.82, 2.24) is 9.80 Å². The number of hydrogen-bond donors (Lipinski definition) is 0. The minimum absolute atomic E-state index is 0.277. The summed E-state index contributed by atoms with van der Waals surface area (Å²) >= 11 is 0. The summed E-state index contributed by atoms with van der Waals surface area (Å²) in [5.41, 5.74) is 0.310. The van der Waals surface area contributed by atoms with Gasteiger partial charge in [0.25, 0.3) is 0 Å². The highest BCUT2D eigenvalue weighted by Gasteiger charge is 2.39. The van der Waals surface area contributed by atoms with Gasteiger partial charge in [-0.3, -0.25) is 4.90 Å². The lowest BCUT2D eigenvalue weighted by Crippen LogP contribution is -2.57. The lowest BCUT2D eigenvalue weighted by Gasteiger charge is -2.50. The second-order valence-corrected chi connectivity index (χ2v) is 9.46. The van der Waals surface area contributed by atoms with Crippen LogP contribution in [0.25, 0.3) is 0 Å². The smallest absolute Gasteiger partial charge is 0.148 e. The molecule has 0 atom stereocenters. The van der Waals surface area contributed by atoms with Crippen molar-refractivity contribution in [1.29, 1.82) is 0 Å². The summed E-state index contributed by atoms with van der Waals surface area (Å²) in [6.07, 6.45) is 12.0. The van der Waals surface area contributed by atoms with Crippen LogP contribution in [0.2, 0.25) is 0 Å². The minimum atomic E-state index is -2.86. The lowest BCUT2D eigenvalue weighted by atomic mass is 9.79. The summed E-state index contributed by atoms with van der Waals surface area (Å²) < 4.78 is 22.7. The first-order chi connectivity index (χ1) is 9.91.